The lowest BCUT2D eigenvalue weighted by molar-refractivity contribution is 0.423. The highest BCUT2D eigenvalue weighted by atomic mass is 35.5. The van der Waals surface area contributed by atoms with Crippen molar-refractivity contribution in [3.8, 4) is 0 Å². The van der Waals surface area contributed by atoms with Crippen LogP contribution in [0.15, 0.2) is 47.6 Å². The minimum atomic E-state index is -3.62. The average Bonchev–Trinajstić information content (AvgIpc) is 2.48. The Balaban J connectivity index is 2.33. The summed E-state index contributed by atoms with van der Waals surface area (Å²) < 4.78 is 26.7. The van der Waals surface area contributed by atoms with Crippen molar-refractivity contribution < 1.29 is 8.42 Å². The molecule has 1 heterocycles. The summed E-state index contributed by atoms with van der Waals surface area (Å²) in [5.74, 6) is 0. The van der Waals surface area contributed by atoms with Crippen LogP contribution in [-0.4, -0.2) is 24.3 Å². The molecule has 112 valence electrons. The lowest BCUT2D eigenvalue weighted by atomic mass is 10.3. The van der Waals surface area contributed by atoms with Crippen molar-refractivity contribution >= 4 is 33.2 Å². The van der Waals surface area contributed by atoms with Gasteiger partial charge in [-0.1, -0.05) is 30.1 Å². The van der Waals surface area contributed by atoms with Crippen LogP contribution in [0.2, 0.25) is 10.0 Å². The molecule has 0 saturated carbocycles. The number of halogens is 2. The summed E-state index contributed by atoms with van der Waals surface area (Å²) in [4.78, 5) is 4.05. The fourth-order valence-electron chi connectivity index (χ4n) is 1.84. The van der Waals surface area contributed by atoms with Crippen molar-refractivity contribution in [3.63, 3.8) is 0 Å². The van der Waals surface area contributed by atoms with E-state index in [1.165, 1.54) is 22.5 Å². The third-order valence-corrected chi connectivity index (χ3v) is 5.65. The Hall–Kier alpha value is -1.14. The molecule has 7 heteroatoms. The Morgan fingerprint density at radius 2 is 1.76 bits per heavy atom. The summed E-state index contributed by atoms with van der Waals surface area (Å²) in [7, 11) is -3.62. The molecule has 0 spiro atoms. The second-order valence-corrected chi connectivity index (χ2v) is 7.11. The van der Waals surface area contributed by atoms with Gasteiger partial charge in [0.1, 0.15) is 0 Å². The molecule has 0 amide bonds. The standard InChI is InChI=1S/C14H14Cl2N2O2S/c1-2-18(10-11-5-7-17-8-6-11)21(19,20)12-3-4-13(15)14(16)9-12/h3-9H,2,10H2,1H3. The molecule has 0 radical (unpaired) electrons. The SMILES string of the molecule is CCN(Cc1ccncc1)S(=O)(=O)c1ccc(Cl)c(Cl)c1. The van der Waals surface area contributed by atoms with E-state index in [-0.39, 0.29) is 16.5 Å². The lowest BCUT2D eigenvalue weighted by Crippen LogP contribution is -2.30. The van der Waals surface area contributed by atoms with Gasteiger partial charge in [0.15, 0.2) is 0 Å². The summed E-state index contributed by atoms with van der Waals surface area (Å²) in [6.45, 7) is 2.42. The lowest BCUT2D eigenvalue weighted by Gasteiger charge is -2.20. The predicted octanol–water partition coefficient (Wildman–Crippen LogP) is 3.60. The van der Waals surface area contributed by atoms with Gasteiger partial charge in [-0.2, -0.15) is 4.31 Å². The highest BCUT2D eigenvalue weighted by Gasteiger charge is 2.23. The molecule has 2 rings (SSSR count). The molecule has 2 aromatic rings. The zero-order chi connectivity index (χ0) is 15.5. The van der Waals surface area contributed by atoms with Crippen molar-refractivity contribution in [1.82, 2.24) is 9.29 Å². The number of hydrogen-bond donors (Lipinski definition) is 0. The molecule has 0 aliphatic heterocycles. The van der Waals surface area contributed by atoms with Crippen LogP contribution < -0.4 is 0 Å². The van der Waals surface area contributed by atoms with Gasteiger partial charge in [0, 0.05) is 25.5 Å². The second kappa shape index (κ2) is 6.75. The molecule has 21 heavy (non-hydrogen) atoms. The predicted molar refractivity (Wildman–Crippen MR) is 84.0 cm³/mol. The van der Waals surface area contributed by atoms with Gasteiger partial charge in [-0.3, -0.25) is 4.98 Å². The highest BCUT2D eigenvalue weighted by molar-refractivity contribution is 7.89. The van der Waals surface area contributed by atoms with E-state index in [0.29, 0.717) is 11.6 Å². The summed E-state index contributed by atoms with van der Waals surface area (Å²) in [5.41, 5.74) is 0.871. The van der Waals surface area contributed by atoms with Crippen molar-refractivity contribution in [1.29, 1.82) is 0 Å². The molecule has 4 nitrogen and oxygen atoms in total. The molecule has 0 aliphatic carbocycles. The fraction of sp³-hybridized carbons (Fsp3) is 0.214. The first-order chi connectivity index (χ1) is 9.95. The zero-order valence-corrected chi connectivity index (χ0v) is 13.7. The molecular weight excluding hydrogens is 331 g/mol. The molecule has 1 aromatic carbocycles. The molecule has 0 aliphatic rings. The maximum absolute atomic E-state index is 12.6. The van der Waals surface area contributed by atoms with Crippen molar-refractivity contribution in [3.05, 3.63) is 58.3 Å². The number of hydrogen-bond acceptors (Lipinski definition) is 3. The zero-order valence-electron chi connectivity index (χ0n) is 11.3. The first kappa shape index (κ1) is 16.2. The van der Waals surface area contributed by atoms with Gasteiger partial charge < -0.3 is 0 Å². The third-order valence-electron chi connectivity index (χ3n) is 2.99. The first-order valence-electron chi connectivity index (χ1n) is 6.29. The topological polar surface area (TPSA) is 50.3 Å². The van der Waals surface area contributed by atoms with Gasteiger partial charge >= 0.3 is 0 Å². The van der Waals surface area contributed by atoms with E-state index in [1.54, 1.807) is 31.5 Å². The normalized spacial score (nSPS) is 11.8. The largest absolute Gasteiger partial charge is 0.265 e. The summed E-state index contributed by atoms with van der Waals surface area (Å²) in [6, 6.07) is 7.88. The monoisotopic (exact) mass is 344 g/mol. The molecule has 0 fully saturated rings. The minimum absolute atomic E-state index is 0.132. The molecule has 0 N–H and O–H groups in total. The van der Waals surface area contributed by atoms with E-state index in [2.05, 4.69) is 4.98 Å². The van der Waals surface area contributed by atoms with E-state index in [4.69, 9.17) is 23.2 Å². The maximum atomic E-state index is 12.6. The number of sulfonamides is 1. The Kier molecular flexibility index (Phi) is 5.22. The maximum Gasteiger partial charge on any atom is 0.243 e. The van der Waals surface area contributed by atoms with Crippen LogP contribution in [0.1, 0.15) is 12.5 Å². The summed E-state index contributed by atoms with van der Waals surface area (Å²) in [6.07, 6.45) is 3.27. The Morgan fingerprint density at radius 1 is 1.10 bits per heavy atom. The van der Waals surface area contributed by atoms with Crippen LogP contribution in [0.25, 0.3) is 0 Å². The third kappa shape index (κ3) is 3.74. The van der Waals surface area contributed by atoms with Gasteiger partial charge in [-0.05, 0) is 35.9 Å². The van der Waals surface area contributed by atoms with Crippen LogP contribution in [-0.2, 0) is 16.6 Å². The molecule has 0 unspecified atom stereocenters. The summed E-state index contributed by atoms with van der Waals surface area (Å²) in [5, 5.41) is 0.547. The number of aromatic nitrogens is 1. The molecular formula is C14H14Cl2N2O2S. The van der Waals surface area contributed by atoms with E-state index < -0.39 is 10.0 Å². The fourth-order valence-corrected chi connectivity index (χ4v) is 3.67. The van der Waals surface area contributed by atoms with Gasteiger partial charge in [0.2, 0.25) is 10.0 Å². The van der Waals surface area contributed by atoms with Crippen LogP contribution in [0.3, 0.4) is 0 Å². The van der Waals surface area contributed by atoms with Crippen molar-refractivity contribution in [2.75, 3.05) is 6.54 Å². The molecule has 1 aromatic heterocycles. The van der Waals surface area contributed by atoms with E-state index in [1.807, 2.05) is 0 Å². The quantitative estimate of drug-likeness (QED) is 0.832. The van der Waals surface area contributed by atoms with Gasteiger partial charge in [-0.25, -0.2) is 8.42 Å². The van der Waals surface area contributed by atoms with Crippen LogP contribution in [0.5, 0.6) is 0 Å². The van der Waals surface area contributed by atoms with E-state index in [9.17, 15) is 8.42 Å². The number of nitrogens with zero attached hydrogens (tertiary/aromatic N) is 2. The van der Waals surface area contributed by atoms with Crippen molar-refractivity contribution in [2.24, 2.45) is 0 Å². The van der Waals surface area contributed by atoms with E-state index >= 15 is 0 Å². The van der Waals surface area contributed by atoms with Gasteiger partial charge in [0.05, 0.1) is 14.9 Å². The minimum Gasteiger partial charge on any atom is -0.265 e. The molecule has 0 saturated heterocycles. The van der Waals surface area contributed by atoms with Gasteiger partial charge in [0.25, 0.3) is 0 Å². The molecule has 0 bridgehead atoms. The molecule has 0 atom stereocenters. The number of benzene rings is 1. The number of pyridine rings is 1. The number of rotatable bonds is 5. The highest BCUT2D eigenvalue weighted by Crippen LogP contribution is 2.27. The van der Waals surface area contributed by atoms with Crippen molar-refractivity contribution in [2.45, 2.75) is 18.4 Å². The Morgan fingerprint density at radius 3 is 2.33 bits per heavy atom. The van der Waals surface area contributed by atoms with Crippen LogP contribution in [0, 0.1) is 0 Å². The van der Waals surface area contributed by atoms with Crippen LogP contribution in [0.4, 0.5) is 0 Å². The van der Waals surface area contributed by atoms with E-state index in [0.717, 1.165) is 5.56 Å². The Labute approximate surface area is 134 Å². The smallest absolute Gasteiger partial charge is 0.243 e. The second-order valence-electron chi connectivity index (χ2n) is 4.36. The van der Waals surface area contributed by atoms with Gasteiger partial charge in [-0.15, -0.1) is 0 Å². The summed E-state index contributed by atoms with van der Waals surface area (Å²) >= 11 is 11.7. The Bertz CT molecular complexity index is 721. The first-order valence-corrected chi connectivity index (χ1v) is 8.49. The van der Waals surface area contributed by atoms with Crippen LogP contribution >= 0.6 is 23.2 Å². The average molecular weight is 345 g/mol.